The number of phenolic OH excluding ortho intramolecular Hbond substituents is 1. The van der Waals surface area contributed by atoms with E-state index in [1.165, 1.54) is 49.1 Å². The topological polar surface area (TPSA) is 106 Å². The van der Waals surface area contributed by atoms with Crippen LogP contribution >= 0.6 is 0 Å². The number of imidazole rings is 1. The van der Waals surface area contributed by atoms with E-state index in [0.29, 0.717) is 0 Å². The predicted molar refractivity (Wildman–Crippen MR) is 115 cm³/mol. The van der Waals surface area contributed by atoms with Gasteiger partial charge in [-0.15, -0.1) is 0 Å². The van der Waals surface area contributed by atoms with Crippen LogP contribution in [0.4, 0.5) is 10.3 Å². The normalized spacial score (nSPS) is 11.5. The van der Waals surface area contributed by atoms with Gasteiger partial charge in [-0.1, -0.05) is 12.1 Å². The molecule has 2 aromatic heterocycles. The van der Waals surface area contributed by atoms with E-state index in [1.54, 1.807) is 28.8 Å². The van der Waals surface area contributed by atoms with Gasteiger partial charge in [-0.3, -0.25) is 18.5 Å². The molecular formula is C21H19FN6O3. The van der Waals surface area contributed by atoms with E-state index in [0.717, 1.165) is 15.7 Å². The SMILES string of the molecule is Cn1c(=O)c2c(nc(N/N=C/c3ccc(O)cc3)n2Cc2ccc(F)cc2)n(C)c1=O. The number of phenols is 1. The summed E-state index contributed by atoms with van der Waals surface area (Å²) in [6.07, 6.45) is 1.53. The Labute approximate surface area is 175 Å². The fraction of sp³-hybridized carbons (Fsp3) is 0.143. The Morgan fingerprint density at radius 2 is 1.74 bits per heavy atom. The van der Waals surface area contributed by atoms with Gasteiger partial charge in [0.1, 0.15) is 11.6 Å². The van der Waals surface area contributed by atoms with Gasteiger partial charge in [-0.25, -0.2) is 14.6 Å². The predicted octanol–water partition coefficient (Wildman–Crippen LogP) is 1.77. The number of aryl methyl sites for hydroxylation is 1. The molecular weight excluding hydrogens is 403 g/mol. The lowest BCUT2D eigenvalue weighted by molar-refractivity contribution is 0.475. The summed E-state index contributed by atoms with van der Waals surface area (Å²) in [6.45, 7) is 0.210. The third-order valence-corrected chi connectivity index (χ3v) is 4.87. The summed E-state index contributed by atoms with van der Waals surface area (Å²) in [7, 11) is 2.93. The van der Waals surface area contributed by atoms with E-state index in [2.05, 4.69) is 15.5 Å². The van der Waals surface area contributed by atoms with Crippen LogP contribution < -0.4 is 16.7 Å². The number of halogens is 1. The van der Waals surface area contributed by atoms with Gasteiger partial charge in [0.2, 0.25) is 5.95 Å². The highest BCUT2D eigenvalue weighted by atomic mass is 19.1. The Morgan fingerprint density at radius 1 is 1.06 bits per heavy atom. The first-order chi connectivity index (χ1) is 14.8. The van der Waals surface area contributed by atoms with Gasteiger partial charge in [0.25, 0.3) is 5.56 Å². The largest absolute Gasteiger partial charge is 0.508 e. The second kappa shape index (κ2) is 7.90. The van der Waals surface area contributed by atoms with Gasteiger partial charge in [0, 0.05) is 14.1 Å². The van der Waals surface area contributed by atoms with Crippen LogP contribution in [0.1, 0.15) is 11.1 Å². The molecule has 0 aliphatic rings. The van der Waals surface area contributed by atoms with E-state index in [9.17, 15) is 19.1 Å². The quantitative estimate of drug-likeness (QED) is 0.377. The van der Waals surface area contributed by atoms with Crippen LogP contribution in [0.3, 0.4) is 0 Å². The van der Waals surface area contributed by atoms with Crippen molar-refractivity contribution >= 4 is 23.3 Å². The maximum atomic E-state index is 13.3. The highest BCUT2D eigenvalue weighted by Gasteiger charge is 2.19. The first kappa shape index (κ1) is 20.1. The second-order valence-electron chi connectivity index (χ2n) is 6.99. The van der Waals surface area contributed by atoms with E-state index < -0.39 is 11.2 Å². The molecule has 2 heterocycles. The molecule has 31 heavy (non-hydrogen) atoms. The molecule has 10 heteroatoms. The van der Waals surface area contributed by atoms with Crippen LogP contribution in [-0.4, -0.2) is 30.0 Å². The third kappa shape index (κ3) is 3.82. The smallest absolute Gasteiger partial charge is 0.332 e. The average molecular weight is 422 g/mol. The zero-order valence-corrected chi connectivity index (χ0v) is 16.8. The Hall–Kier alpha value is -4.21. The first-order valence-electron chi connectivity index (χ1n) is 9.34. The van der Waals surface area contributed by atoms with Gasteiger partial charge < -0.3 is 5.11 Å². The minimum atomic E-state index is -0.497. The lowest BCUT2D eigenvalue weighted by Crippen LogP contribution is -2.37. The number of anilines is 1. The van der Waals surface area contributed by atoms with Crippen LogP contribution in [0, 0.1) is 5.82 Å². The average Bonchev–Trinajstić information content (AvgIpc) is 3.12. The van der Waals surface area contributed by atoms with Crippen molar-refractivity contribution in [1.82, 2.24) is 18.7 Å². The highest BCUT2D eigenvalue weighted by molar-refractivity contribution is 5.80. The number of hydrazone groups is 1. The molecule has 0 fully saturated rings. The van der Waals surface area contributed by atoms with Crippen LogP contribution in [0.25, 0.3) is 11.2 Å². The number of rotatable bonds is 5. The van der Waals surface area contributed by atoms with E-state index in [-0.39, 0.29) is 35.2 Å². The van der Waals surface area contributed by atoms with Crippen LogP contribution in [0.15, 0.2) is 63.2 Å². The number of benzene rings is 2. The zero-order chi connectivity index (χ0) is 22.1. The summed E-state index contributed by atoms with van der Waals surface area (Å²) in [5.41, 5.74) is 3.71. The lowest BCUT2D eigenvalue weighted by atomic mass is 10.2. The van der Waals surface area contributed by atoms with E-state index >= 15 is 0 Å². The summed E-state index contributed by atoms with van der Waals surface area (Å²) >= 11 is 0. The number of aromatic nitrogens is 4. The third-order valence-electron chi connectivity index (χ3n) is 4.87. The maximum Gasteiger partial charge on any atom is 0.332 e. The molecule has 2 N–H and O–H groups in total. The van der Waals surface area contributed by atoms with Crippen molar-refractivity contribution in [3.05, 3.63) is 86.3 Å². The Kier molecular flexibility index (Phi) is 5.12. The second-order valence-corrected chi connectivity index (χ2v) is 6.99. The zero-order valence-electron chi connectivity index (χ0n) is 16.8. The van der Waals surface area contributed by atoms with Crippen molar-refractivity contribution in [2.24, 2.45) is 19.2 Å². The van der Waals surface area contributed by atoms with Crippen molar-refractivity contribution in [2.75, 3.05) is 5.43 Å². The molecule has 0 spiro atoms. The molecule has 0 aliphatic carbocycles. The fourth-order valence-electron chi connectivity index (χ4n) is 3.18. The standard InChI is InChI=1S/C21H19FN6O3/c1-26-18-17(19(30)27(2)21(26)31)28(12-14-3-7-15(22)8-4-14)20(24-18)25-23-11-13-5-9-16(29)10-6-13/h3-11,29H,12H2,1-2H3,(H,24,25)/b23-11+. The van der Waals surface area contributed by atoms with Crippen molar-refractivity contribution in [2.45, 2.75) is 6.54 Å². The number of aromatic hydroxyl groups is 1. The van der Waals surface area contributed by atoms with Gasteiger partial charge >= 0.3 is 5.69 Å². The molecule has 0 atom stereocenters. The molecule has 4 rings (SSSR count). The van der Waals surface area contributed by atoms with Crippen molar-refractivity contribution in [1.29, 1.82) is 0 Å². The van der Waals surface area contributed by atoms with Crippen molar-refractivity contribution in [3.63, 3.8) is 0 Å². The van der Waals surface area contributed by atoms with Crippen LogP contribution in [0.2, 0.25) is 0 Å². The number of hydrogen-bond donors (Lipinski definition) is 2. The fourth-order valence-corrected chi connectivity index (χ4v) is 3.18. The molecule has 0 unspecified atom stereocenters. The molecule has 0 bridgehead atoms. The Morgan fingerprint density at radius 3 is 2.42 bits per heavy atom. The molecule has 0 aliphatic heterocycles. The molecule has 2 aromatic carbocycles. The Balaban J connectivity index is 1.80. The van der Waals surface area contributed by atoms with Gasteiger partial charge in [-0.2, -0.15) is 10.1 Å². The lowest BCUT2D eigenvalue weighted by Gasteiger charge is -2.09. The highest BCUT2D eigenvalue weighted by Crippen LogP contribution is 2.18. The molecule has 0 saturated heterocycles. The van der Waals surface area contributed by atoms with Crippen LogP contribution in [-0.2, 0) is 20.6 Å². The monoisotopic (exact) mass is 422 g/mol. The van der Waals surface area contributed by atoms with Crippen molar-refractivity contribution < 1.29 is 9.50 Å². The number of nitrogens with one attached hydrogen (secondary N) is 1. The van der Waals surface area contributed by atoms with Crippen molar-refractivity contribution in [3.8, 4) is 5.75 Å². The summed E-state index contributed by atoms with van der Waals surface area (Å²) in [4.78, 5) is 29.6. The molecule has 0 radical (unpaired) electrons. The number of nitrogens with zero attached hydrogens (tertiary/aromatic N) is 5. The van der Waals surface area contributed by atoms with E-state index in [4.69, 9.17) is 0 Å². The summed E-state index contributed by atoms with van der Waals surface area (Å²) in [5.74, 6) is 0.0185. The maximum absolute atomic E-state index is 13.3. The van der Waals surface area contributed by atoms with E-state index in [1.807, 2.05) is 0 Å². The molecule has 158 valence electrons. The molecule has 0 saturated carbocycles. The Bertz CT molecular complexity index is 1400. The van der Waals surface area contributed by atoms with Gasteiger partial charge in [0.05, 0.1) is 12.8 Å². The van der Waals surface area contributed by atoms with Gasteiger partial charge in [-0.05, 0) is 47.5 Å². The first-order valence-corrected chi connectivity index (χ1v) is 9.34. The molecule has 4 aromatic rings. The summed E-state index contributed by atoms with van der Waals surface area (Å²) < 4.78 is 17.2. The summed E-state index contributed by atoms with van der Waals surface area (Å²) in [6, 6.07) is 12.3. The van der Waals surface area contributed by atoms with Crippen LogP contribution in [0.5, 0.6) is 5.75 Å². The molecule has 0 amide bonds. The number of fused-ring (bicyclic) bond motifs is 1. The summed E-state index contributed by atoms with van der Waals surface area (Å²) in [5, 5.41) is 13.5. The van der Waals surface area contributed by atoms with Gasteiger partial charge in [0.15, 0.2) is 11.2 Å². The number of hydrogen-bond acceptors (Lipinski definition) is 6. The molecule has 9 nitrogen and oxygen atoms in total. The minimum absolute atomic E-state index is 0.142. The minimum Gasteiger partial charge on any atom is -0.508 e.